The van der Waals surface area contributed by atoms with Gasteiger partial charge in [-0.2, -0.15) is 0 Å². The van der Waals surface area contributed by atoms with E-state index in [0.29, 0.717) is 5.56 Å². The van der Waals surface area contributed by atoms with Gasteiger partial charge in [-0.05, 0) is 29.8 Å². The van der Waals surface area contributed by atoms with Crippen LogP contribution in [0.5, 0.6) is 17.2 Å². The number of benzene rings is 2. The Morgan fingerprint density at radius 3 is 2.43 bits per heavy atom. The molecule has 10 heteroatoms. The molecule has 1 aliphatic rings. The van der Waals surface area contributed by atoms with E-state index in [9.17, 15) is 19.7 Å². The number of hydrogen-bond acceptors (Lipinski definition) is 9. The van der Waals surface area contributed by atoms with Gasteiger partial charge in [0.25, 0.3) is 5.69 Å². The summed E-state index contributed by atoms with van der Waals surface area (Å²) >= 11 is 0. The fourth-order valence-electron chi connectivity index (χ4n) is 2.67. The summed E-state index contributed by atoms with van der Waals surface area (Å²) in [5, 5.41) is 11.1. The molecule has 2 aromatic rings. The van der Waals surface area contributed by atoms with E-state index >= 15 is 0 Å². The molecule has 0 aliphatic carbocycles. The van der Waals surface area contributed by atoms with Gasteiger partial charge < -0.3 is 18.9 Å². The molecule has 0 radical (unpaired) electrons. The molecule has 0 atom stereocenters. The summed E-state index contributed by atoms with van der Waals surface area (Å²) in [6.45, 7) is 1.27. The molecule has 1 aliphatic heterocycles. The summed E-state index contributed by atoms with van der Waals surface area (Å²) in [6, 6.07) is 8.55. The van der Waals surface area contributed by atoms with Gasteiger partial charge in [-0.25, -0.2) is 9.79 Å². The van der Waals surface area contributed by atoms with Crippen molar-refractivity contribution in [3.8, 4) is 17.2 Å². The van der Waals surface area contributed by atoms with E-state index in [1.54, 1.807) is 12.1 Å². The second-order valence-electron chi connectivity index (χ2n) is 5.98. The van der Waals surface area contributed by atoms with Gasteiger partial charge in [0.15, 0.2) is 17.2 Å². The van der Waals surface area contributed by atoms with Crippen molar-refractivity contribution in [1.82, 2.24) is 0 Å². The van der Waals surface area contributed by atoms with Crippen LogP contribution in [0.15, 0.2) is 47.1 Å². The largest absolute Gasteiger partial charge is 0.496 e. The number of methoxy groups -OCH3 is 2. The predicted octanol–water partition coefficient (Wildman–Crippen LogP) is 2.88. The smallest absolute Gasteiger partial charge is 0.363 e. The molecule has 30 heavy (non-hydrogen) atoms. The molecule has 0 spiro atoms. The van der Waals surface area contributed by atoms with Crippen LogP contribution in [-0.4, -0.2) is 37.0 Å². The van der Waals surface area contributed by atoms with Gasteiger partial charge in [0.1, 0.15) is 5.75 Å². The van der Waals surface area contributed by atoms with Crippen LogP contribution < -0.4 is 14.2 Å². The molecule has 1 heterocycles. The lowest BCUT2D eigenvalue weighted by Gasteiger charge is -2.08. The molecule has 0 saturated heterocycles. The highest BCUT2D eigenvalue weighted by atomic mass is 16.6. The normalized spacial score (nSPS) is 14.2. The van der Waals surface area contributed by atoms with E-state index in [0.717, 1.165) is 0 Å². The molecule has 10 nitrogen and oxygen atoms in total. The van der Waals surface area contributed by atoms with Crippen LogP contribution in [-0.2, 0) is 14.3 Å². The number of nitro groups is 1. The van der Waals surface area contributed by atoms with Crippen molar-refractivity contribution >= 4 is 29.6 Å². The standard InChI is InChI=1S/C20H16N2O8/c1-11(23)29-17-6-4-12(9-18(17)28-3)8-15-20(24)30-19(21-15)14-10-13(22(25)26)5-7-16(14)27-2/h4-10H,1-3H3. The summed E-state index contributed by atoms with van der Waals surface area (Å²) < 4.78 is 20.6. The first-order valence-corrected chi connectivity index (χ1v) is 8.54. The molecule has 154 valence electrons. The fourth-order valence-corrected chi connectivity index (χ4v) is 2.67. The molecule has 0 saturated carbocycles. The van der Waals surface area contributed by atoms with E-state index in [1.807, 2.05) is 0 Å². The zero-order chi connectivity index (χ0) is 21.8. The second kappa shape index (κ2) is 8.43. The zero-order valence-corrected chi connectivity index (χ0v) is 16.2. The Morgan fingerprint density at radius 2 is 1.80 bits per heavy atom. The van der Waals surface area contributed by atoms with Crippen LogP contribution in [0.2, 0.25) is 0 Å². The maximum absolute atomic E-state index is 12.3. The minimum Gasteiger partial charge on any atom is -0.496 e. The number of ether oxygens (including phenoxy) is 4. The minimum atomic E-state index is -0.735. The second-order valence-corrected chi connectivity index (χ2v) is 5.98. The van der Waals surface area contributed by atoms with E-state index in [2.05, 4.69) is 4.99 Å². The van der Waals surface area contributed by atoms with Gasteiger partial charge in [-0.15, -0.1) is 0 Å². The number of nitrogens with zero attached hydrogens (tertiary/aromatic N) is 2. The zero-order valence-electron chi connectivity index (χ0n) is 16.2. The third kappa shape index (κ3) is 4.27. The Bertz CT molecular complexity index is 1100. The maximum Gasteiger partial charge on any atom is 0.363 e. The summed E-state index contributed by atoms with van der Waals surface area (Å²) in [7, 11) is 2.80. The van der Waals surface area contributed by atoms with Crippen LogP contribution in [0, 0.1) is 10.1 Å². The number of carbonyl (C=O) groups excluding carboxylic acids is 2. The first-order chi connectivity index (χ1) is 14.3. The highest BCUT2D eigenvalue weighted by Gasteiger charge is 2.28. The lowest BCUT2D eigenvalue weighted by atomic mass is 10.1. The average Bonchev–Trinajstić information content (AvgIpc) is 3.08. The van der Waals surface area contributed by atoms with Crippen molar-refractivity contribution in [2.75, 3.05) is 14.2 Å². The van der Waals surface area contributed by atoms with Crippen LogP contribution >= 0.6 is 0 Å². The van der Waals surface area contributed by atoms with E-state index in [4.69, 9.17) is 18.9 Å². The average molecular weight is 412 g/mol. The van der Waals surface area contributed by atoms with Crippen molar-refractivity contribution in [3.05, 3.63) is 63.3 Å². The first-order valence-electron chi connectivity index (χ1n) is 8.54. The molecule has 0 aromatic heterocycles. The van der Waals surface area contributed by atoms with Gasteiger partial charge in [0.05, 0.1) is 24.7 Å². The molecule has 0 fully saturated rings. The number of esters is 2. The van der Waals surface area contributed by atoms with Gasteiger partial charge in [-0.1, -0.05) is 6.07 Å². The highest BCUT2D eigenvalue weighted by molar-refractivity contribution is 6.14. The van der Waals surface area contributed by atoms with Gasteiger partial charge in [0.2, 0.25) is 5.90 Å². The van der Waals surface area contributed by atoms with Crippen molar-refractivity contribution < 1.29 is 33.5 Å². The Kier molecular flexibility index (Phi) is 5.77. The molecule has 0 unspecified atom stereocenters. The Hall–Kier alpha value is -4.21. The quantitative estimate of drug-likeness (QED) is 0.233. The Balaban J connectivity index is 1.98. The number of rotatable bonds is 6. The molecule has 0 amide bonds. The van der Waals surface area contributed by atoms with Crippen LogP contribution in [0.3, 0.4) is 0 Å². The number of carbonyl (C=O) groups is 2. The molecule has 0 bridgehead atoms. The number of cyclic esters (lactones) is 1. The predicted molar refractivity (Wildman–Crippen MR) is 105 cm³/mol. The highest BCUT2D eigenvalue weighted by Crippen LogP contribution is 2.31. The van der Waals surface area contributed by atoms with Crippen LogP contribution in [0.1, 0.15) is 18.1 Å². The number of hydrogen-bond donors (Lipinski definition) is 0. The minimum absolute atomic E-state index is 0.0270. The Morgan fingerprint density at radius 1 is 1.10 bits per heavy atom. The summed E-state index contributed by atoms with van der Waals surface area (Å²) in [5.41, 5.74) is 0.477. The monoisotopic (exact) mass is 412 g/mol. The van der Waals surface area contributed by atoms with Crippen molar-refractivity contribution in [2.24, 2.45) is 4.99 Å². The molecule has 2 aromatic carbocycles. The van der Waals surface area contributed by atoms with Crippen molar-refractivity contribution in [2.45, 2.75) is 6.92 Å². The molecular weight excluding hydrogens is 396 g/mol. The Labute approximate surface area is 170 Å². The van der Waals surface area contributed by atoms with Crippen molar-refractivity contribution in [1.29, 1.82) is 0 Å². The molecular formula is C20H16N2O8. The lowest BCUT2D eigenvalue weighted by Crippen LogP contribution is -2.07. The van der Waals surface area contributed by atoms with Gasteiger partial charge in [0, 0.05) is 19.1 Å². The fraction of sp³-hybridized carbons (Fsp3) is 0.150. The maximum atomic E-state index is 12.3. The van der Waals surface area contributed by atoms with Crippen LogP contribution in [0.4, 0.5) is 5.69 Å². The SMILES string of the molecule is COc1cc(C=C2N=C(c3cc([N+](=O)[O-])ccc3OC)OC2=O)ccc1OC(C)=O. The summed E-state index contributed by atoms with van der Waals surface area (Å²) in [6.07, 6.45) is 1.44. The third-order valence-corrected chi connectivity index (χ3v) is 3.99. The number of nitro benzene ring substituents is 1. The third-order valence-electron chi connectivity index (χ3n) is 3.99. The summed E-state index contributed by atoms with van der Waals surface area (Å²) in [4.78, 5) is 38.0. The lowest BCUT2D eigenvalue weighted by molar-refractivity contribution is -0.384. The number of non-ortho nitro benzene ring substituents is 1. The van der Waals surface area contributed by atoms with E-state index < -0.39 is 16.9 Å². The summed E-state index contributed by atoms with van der Waals surface area (Å²) in [5.74, 6) is -0.571. The van der Waals surface area contributed by atoms with Gasteiger partial charge in [-0.3, -0.25) is 14.9 Å². The first kappa shape index (κ1) is 20.5. The van der Waals surface area contributed by atoms with E-state index in [-0.39, 0.29) is 40.1 Å². The number of aliphatic imine (C=N–C) groups is 1. The van der Waals surface area contributed by atoms with Gasteiger partial charge >= 0.3 is 11.9 Å². The molecule has 0 N–H and O–H groups in total. The van der Waals surface area contributed by atoms with E-state index in [1.165, 1.54) is 51.5 Å². The molecule has 3 rings (SSSR count). The topological polar surface area (TPSA) is 127 Å². The van der Waals surface area contributed by atoms with Crippen LogP contribution in [0.25, 0.3) is 6.08 Å². The van der Waals surface area contributed by atoms with Crippen molar-refractivity contribution in [3.63, 3.8) is 0 Å².